The molecule has 10 heteroatoms. The van der Waals surface area contributed by atoms with Gasteiger partial charge in [0.2, 0.25) is 4.34 Å². The molecule has 2 aliphatic rings. The van der Waals surface area contributed by atoms with Crippen LogP contribution in [0.15, 0.2) is 21.0 Å². The van der Waals surface area contributed by atoms with Crippen LogP contribution in [0, 0.1) is 0 Å². The summed E-state index contributed by atoms with van der Waals surface area (Å²) < 4.78 is 16.5. The molecule has 2 aromatic rings. The molecule has 0 fully saturated rings. The largest absolute Gasteiger partial charge is 0.388 e. The number of nitrogens with zero attached hydrogens (tertiary/aromatic N) is 2. The molecule has 0 saturated carbocycles. The molecule has 5 N–H and O–H groups in total. The molecule has 0 unspecified atom stereocenters. The van der Waals surface area contributed by atoms with E-state index in [4.69, 9.17) is 5.14 Å². The second-order valence-corrected chi connectivity index (χ2v) is 11.0. The number of urea groups is 1. The number of nitrogens with one attached hydrogen (secondary N) is 1. The van der Waals surface area contributed by atoms with Crippen LogP contribution in [0.2, 0.25) is 0 Å². The number of hydrogen-bond acceptors (Lipinski definition) is 6. The SMILES string of the molecule is CC(C)(O)c1cnc([S@@](N)(=O)=NC(=O)Nc2c3c(cc4c2[C@H](O)CC4)CCC3)s1. The maximum Gasteiger partial charge on any atom is 0.354 e. The van der Waals surface area contributed by atoms with Crippen molar-refractivity contribution >= 4 is 33.0 Å². The second-order valence-electron chi connectivity index (χ2n) is 8.01. The number of anilines is 1. The van der Waals surface area contributed by atoms with Crippen molar-refractivity contribution in [1.29, 1.82) is 0 Å². The Morgan fingerprint density at radius 3 is 2.83 bits per heavy atom. The lowest BCUT2D eigenvalue weighted by atomic mass is 9.98. The number of carbonyl (C=O) groups excluding carboxylic acids is 1. The Morgan fingerprint density at radius 1 is 1.38 bits per heavy atom. The predicted molar refractivity (Wildman–Crippen MR) is 111 cm³/mol. The summed E-state index contributed by atoms with van der Waals surface area (Å²) in [4.78, 5) is 17.1. The highest BCUT2D eigenvalue weighted by atomic mass is 32.2. The topological polar surface area (TPSA) is 138 Å². The minimum Gasteiger partial charge on any atom is -0.388 e. The molecule has 1 heterocycles. The van der Waals surface area contributed by atoms with Gasteiger partial charge in [0.15, 0.2) is 9.92 Å². The fourth-order valence-corrected chi connectivity index (χ4v) is 6.04. The lowest BCUT2D eigenvalue weighted by Gasteiger charge is -2.17. The highest BCUT2D eigenvalue weighted by molar-refractivity contribution is 7.93. The highest BCUT2D eigenvalue weighted by Gasteiger charge is 2.30. The number of rotatable bonds is 3. The van der Waals surface area contributed by atoms with E-state index in [1.165, 1.54) is 11.8 Å². The molecule has 0 bridgehead atoms. The summed E-state index contributed by atoms with van der Waals surface area (Å²) in [5, 5.41) is 29.0. The van der Waals surface area contributed by atoms with E-state index in [1.54, 1.807) is 13.8 Å². The molecule has 1 aromatic carbocycles. The Bertz CT molecular complexity index is 1110. The fourth-order valence-electron chi connectivity index (χ4n) is 3.96. The molecule has 0 aliphatic heterocycles. The van der Waals surface area contributed by atoms with Crippen LogP contribution in [0.25, 0.3) is 0 Å². The molecule has 1 aromatic heterocycles. The number of hydrogen-bond donors (Lipinski definition) is 4. The van der Waals surface area contributed by atoms with Gasteiger partial charge in [0.1, 0.15) is 0 Å². The minimum absolute atomic E-state index is 0.0201. The Balaban J connectivity index is 1.67. The quantitative estimate of drug-likeness (QED) is 0.586. The maximum absolute atomic E-state index is 12.8. The standard InChI is InChI=1S/C19H24N4O4S2/c1-19(2,26)14-9-21-18(28-14)29(20,27)23-17(25)22-16-12-5-3-4-10(12)8-11-6-7-13(24)15(11)16/h8-9,13,24,26H,3-7H2,1-2H3,(H3,20,22,23,25,27)/t13-,29+/m1/s1. The van der Waals surface area contributed by atoms with Crippen molar-refractivity contribution in [2.45, 2.75) is 62.0 Å². The number of aryl methyl sites for hydroxylation is 2. The van der Waals surface area contributed by atoms with E-state index in [2.05, 4.69) is 20.7 Å². The summed E-state index contributed by atoms with van der Waals surface area (Å²) >= 11 is 0.960. The van der Waals surface area contributed by atoms with Gasteiger partial charge >= 0.3 is 6.03 Å². The zero-order valence-electron chi connectivity index (χ0n) is 16.3. The maximum atomic E-state index is 12.8. The van der Waals surface area contributed by atoms with E-state index < -0.39 is 27.7 Å². The van der Waals surface area contributed by atoms with Crippen molar-refractivity contribution < 1.29 is 19.2 Å². The van der Waals surface area contributed by atoms with Gasteiger partial charge in [0, 0.05) is 11.8 Å². The second kappa shape index (κ2) is 7.13. The molecule has 156 valence electrons. The van der Waals surface area contributed by atoms with E-state index in [1.807, 2.05) is 0 Å². The van der Waals surface area contributed by atoms with Crippen LogP contribution in [-0.4, -0.2) is 25.4 Å². The van der Waals surface area contributed by atoms with Gasteiger partial charge in [0.25, 0.3) is 0 Å². The molecule has 0 spiro atoms. The summed E-state index contributed by atoms with van der Waals surface area (Å²) in [6.45, 7) is 3.16. The smallest absolute Gasteiger partial charge is 0.354 e. The van der Waals surface area contributed by atoms with Gasteiger partial charge in [-0.2, -0.15) is 0 Å². The Kier molecular flexibility index (Phi) is 5.02. The van der Waals surface area contributed by atoms with Crippen LogP contribution < -0.4 is 10.5 Å². The monoisotopic (exact) mass is 436 g/mol. The number of aliphatic hydroxyl groups excluding tert-OH is 1. The number of aromatic nitrogens is 1. The number of carbonyl (C=O) groups is 1. The third-order valence-electron chi connectivity index (χ3n) is 5.33. The van der Waals surface area contributed by atoms with Crippen LogP contribution in [0.3, 0.4) is 0 Å². The van der Waals surface area contributed by atoms with Gasteiger partial charge in [-0.05, 0) is 62.6 Å². The van der Waals surface area contributed by atoms with Gasteiger partial charge in [-0.1, -0.05) is 6.07 Å². The van der Waals surface area contributed by atoms with Crippen molar-refractivity contribution in [3.05, 3.63) is 39.4 Å². The van der Waals surface area contributed by atoms with Crippen molar-refractivity contribution in [3.8, 4) is 0 Å². The van der Waals surface area contributed by atoms with Crippen molar-refractivity contribution in [2.24, 2.45) is 9.50 Å². The van der Waals surface area contributed by atoms with Crippen molar-refractivity contribution in [1.82, 2.24) is 4.98 Å². The summed E-state index contributed by atoms with van der Waals surface area (Å²) in [7, 11) is -3.56. The summed E-state index contributed by atoms with van der Waals surface area (Å²) in [5.41, 5.74) is 3.38. The molecular formula is C19H24N4O4S2. The van der Waals surface area contributed by atoms with Crippen LogP contribution >= 0.6 is 11.3 Å². The molecule has 0 radical (unpaired) electrons. The molecule has 2 amide bonds. The number of fused-ring (bicyclic) bond motifs is 2. The number of amides is 2. The lowest BCUT2D eigenvalue weighted by molar-refractivity contribution is 0.0823. The van der Waals surface area contributed by atoms with Crippen molar-refractivity contribution in [3.63, 3.8) is 0 Å². The molecule has 8 nitrogen and oxygen atoms in total. The average molecular weight is 437 g/mol. The van der Waals surface area contributed by atoms with Gasteiger partial charge in [0.05, 0.1) is 22.3 Å². The highest BCUT2D eigenvalue weighted by Crippen LogP contribution is 2.43. The van der Waals surface area contributed by atoms with Gasteiger partial charge in [-0.15, -0.1) is 15.7 Å². The van der Waals surface area contributed by atoms with Crippen LogP contribution in [0.5, 0.6) is 0 Å². The number of aliphatic hydroxyl groups is 2. The Labute approximate surface area is 173 Å². The van der Waals surface area contributed by atoms with E-state index in [9.17, 15) is 19.2 Å². The Hall–Kier alpha value is -1.85. The number of nitrogens with two attached hydrogens (primary N) is 1. The third-order valence-corrected chi connectivity index (χ3v) is 8.45. The Morgan fingerprint density at radius 2 is 2.14 bits per heavy atom. The van der Waals surface area contributed by atoms with E-state index in [0.717, 1.165) is 53.7 Å². The lowest BCUT2D eigenvalue weighted by Crippen LogP contribution is -2.19. The first kappa shape index (κ1) is 20.4. The predicted octanol–water partition coefficient (Wildman–Crippen LogP) is 2.77. The van der Waals surface area contributed by atoms with E-state index >= 15 is 0 Å². The summed E-state index contributed by atoms with van der Waals surface area (Å²) in [5.74, 6) is 0. The first-order chi connectivity index (χ1) is 13.6. The van der Waals surface area contributed by atoms with Gasteiger partial charge in [-0.25, -0.2) is 19.1 Å². The zero-order valence-corrected chi connectivity index (χ0v) is 17.9. The van der Waals surface area contributed by atoms with Crippen LogP contribution in [-0.2, 0) is 34.8 Å². The van der Waals surface area contributed by atoms with E-state index in [0.29, 0.717) is 17.0 Å². The molecule has 4 rings (SSSR count). The average Bonchev–Trinajstić information content (AvgIpc) is 3.33. The number of benzene rings is 1. The van der Waals surface area contributed by atoms with Crippen molar-refractivity contribution in [2.75, 3.05) is 5.32 Å². The van der Waals surface area contributed by atoms with Gasteiger partial charge < -0.3 is 15.5 Å². The first-order valence-corrected chi connectivity index (χ1v) is 11.9. The molecule has 2 atom stereocenters. The van der Waals surface area contributed by atoms with Crippen LogP contribution in [0.1, 0.15) is 59.9 Å². The normalized spacial score (nSPS) is 20.1. The molecule has 0 saturated heterocycles. The summed E-state index contributed by atoms with van der Waals surface area (Å²) in [6, 6.07) is 1.29. The first-order valence-electron chi connectivity index (χ1n) is 9.46. The van der Waals surface area contributed by atoms with Gasteiger partial charge in [-0.3, -0.25) is 0 Å². The van der Waals surface area contributed by atoms with Crippen LogP contribution in [0.4, 0.5) is 10.5 Å². The zero-order chi connectivity index (χ0) is 21.0. The van der Waals surface area contributed by atoms with E-state index in [-0.39, 0.29) is 4.34 Å². The fraction of sp³-hybridized carbons (Fsp3) is 0.474. The minimum atomic E-state index is -3.56. The third kappa shape index (κ3) is 3.82. The summed E-state index contributed by atoms with van der Waals surface area (Å²) in [6.07, 6.45) is 4.85. The molecule has 29 heavy (non-hydrogen) atoms. The molecule has 2 aliphatic carbocycles. The number of thiazole rings is 1. The molecular weight excluding hydrogens is 412 g/mol.